The van der Waals surface area contributed by atoms with Crippen LogP contribution in [-0.4, -0.2) is 82.6 Å². The molecule has 134 heavy (non-hydrogen) atoms. The van der Waals surface area contributed by atoms with Gasteiger partial charge in [0.15, 0.2) is 11.6 Å². The first kappa shape index (κ1) is 93.3. The van der Waals surface area contributed by atoms with Gasteiger partial charge in [-0.1, -0.05) is 274 Å². The van der Waals surface area contributed by atoms with Gasteiger partial charge >= 0.3 is 0 Å². The van der Waals surface area contributed by atoms with E-state index in [2.05, 4.69) is 182 Å². The highest BCUT2D eigenvalue weighted by atomic mass is 16.5. The molecule has 2 N–H and O–H groups in total. The first-order valence-electron chi connectivity index (χ1n) is 48.6. The normalized spacial score (nSPS) is 26.4. The third-order valence-electron chi connectivity index (χ3n) is 33.0. The van der Waals surface area contributed by atoms with Crippen LogP contribution < -0.4 is 0 Å². The molecule has 6 heterocycles. The van der Waals surface area contributed by atoms with Crippen LogP contribution in [0.15, 0.2) is 197 Å². The highest BCUT2D eigenvalue weighted by Crippen LogP contribution is 2.63. The summed E-state index contributed by atoms with van der Waals surface area (Å²) in [5.41, 5.74) is 22.0. The fraction of sp³-hybridized carbons (Fsp3) is 0.443. The van der Waals surface area contributed by atoms with Crippen LogP contribution in [0.25, 0.3) is 66.0 Å². The Hall–Kier alpha value is -12.5. The Balaban J connectivity index is 0.000000122. The molecular weight excluding hydrogens is 1660 g/mol. The number of fused-ring (bicyclic) bond motifs is 16. The van der Waals surface area contributed by atoms with Crippen LogP contribution in [0.1, 0.15) is 267 Å². The number of aliphatic hydroxyl groups is 2. The maximum Gasteiger partial charge on any atom is 0.226 e. The number of ketones is 3. The van der Waals surface area contributed by atoms with Crippen LogP contribution in [0.5, 0.6) is 0 Å². The molecule has 2 fully saturated rings. The minimum atomic E-state index is -0.577. The van der Waals surface area contributed by atoms with E-state index in [0.717, 1.165) is 192 Å². The molecule has 10 atom stereocenters. The number of carbonyl (C=O) groups excluding carboxylic acids is 3. The lowest BCUT2D eigenvalue weighted by atomic mass is 9.50. The zero-order valence-corrected chi connectivity index (χ0v) is 82.0. The van der Waals surface area contributed by atoms with Crippen molar-refractivity contribution >= 4 is 17.3 Å². The van der Waals surface area contributed by atoms with Gasteiger partial charge in [0.05, 0.1) is 82.5 Å². The van der Waals surface area contributed by atoms with Crippen molar-refractivity contribution in [1.82, 2.24) is 55.0 Å². The molecule has 19 heteroatoms. The second-order valence-corrected chi connectivity index (χ2v) is 43.1. The molecular formula is C115H129N13O6. The minimum absolute atomic E-state index is 0.0349. The molecule has 0 radical (unpaired) electrons. The van der Waals surface area contributed by atoms with Crippen molar-refractivity contribution in [2.45, 2.75) is 275 Å². The fourth-order valence-corrected chi connectivity index (χ4v) is 26.8. The number of hydrogen-bond acceptors (Lipinski definition) is 17. The largest absolute Gasteiger partial charge is 0.523 e. The average Bonchev–Trinajstić information content (AvgIpc) is 1.70. The van der Waals surface area contributed by atoms with Gasteiger partial charge in [-0.05, 0) is 154 Å². The van der Waals surface area contributed by atoms with E-state index in [9.17, 15) is 24.6 Å². The number of nitrogens with zero attached hydrogens (tertiary/aromatic N) is 13. The maximum absolute atomic E-state index is 12.9. The summed E-state index contributed by atoms with van der Waals surface area (Å²) in [5, 5.41) is 24.6. The lowest BCUT2D eigenvalue weighted by Gasteiger charge is -2.53. The highest BCUT2D eigenvalue weighted by molar-refractivity contribution is 6.03. The van der Waals surface area contributed by atoms with Crippen molar-refractivity contribution in [3.05, 3.63) is 312 Å². The zero-order chi connectivity index (χ0) is 96.8. The summed E-state index contributed by atoms with van der Waals surface area (Å²) in [7, 11) is 1.25. The first-order chi connectivity index (χ1) is 64.1. The summed E-state index contributed by atoms with van der Waals surface area (Å²) >= 11 is 0. The van der Waals surface area contributed by atoms with E-state index in [4.69, 9.17) is 68.9 Å². The molecule has 2 saturated carbocycles. The van der Waals surface area contributed by atoms with Crippen LogP contribution in [0, 0.1) is 99.0 Å². The smallest absolute Gasteiger partial charge is 0.226 e. The van der Waals surface area contributed by atoms with Gasteiger partial charge < -0.3 is 19.5 Å². The van der Waals surface area contributed by atoms with Crippen molar-refractivity contribution in [3.63, 3.8) is 0 Å². The molecule has 11 aromatic rings. The van der Waals surface area contributed by atoms with Crippen LogP contribution in [0.2, 0.25) is 0 Å². The maximum atomic E-state index is 12.9. The lowest BCUT2D eigenvalue weighted by Crippen LogP contribution is -2.53. The summed E-state index contributed by atoms with van der Waals surface area (Å²) < 4.78 is 11.4. The average molecular weight is 1790 g/mol. The SMILES string of the molecule is Cc1nc(-c2ccccc2)c2c(n1)[C@@]1(C)C/C(=C/O)C(=O)C(C)(C)[C@@H]1CC2.Cc1nc(-c2ccccc2)c2c(n1)[C@@]1(C)CCC(=O)C(C)(C)[C@@H]1CC2.Cc1nc(-c2ccccc2)c2c(n1)[C@@]1(C)Cc3cnoc3C(C)(C)[C@@H]1CC2.[3H]C.[C-]#[N+]C1=C(O)C(C)(C)[C@@H]2CCc3c(-c4ccccc4)nc(C)nc3[C@@]2(C)C1.[C-]#[N+]C1=C[C@]2(C)c3nc(C)nc(-c4ccccc4)c3CC[C@H]2C(C)(C)C1=O. The predicted octanol–water partition coefficient (Wildman–Crippen LogP) is 24.9. The van der Waals surface area contributed by atoms with Crippen LogP contribution in [-0.2, 0) is 85.4 Å². The summed E-state index contributed by atoms with van der Waals surface area (Å²) in [6.07, 6.45) is 17.8. The second-order valence-electron chi connectivity index (χ2n) is 43.1. The Morgan fingerprint density at radius 3 is 1.08 bits per heavy atom. The van der Waals surface area contributed by atoms with E-state index in [1.807, 2.05) is 135 Å². The van der Waals surface area contributed by atoms with Gasteiger partial charge in [-0.25, -0.2) is 59.5 Å². The number of aromatic nitrogens is 11. The van der Waals surface area contributed by atoms with E-state index in [1.54, 1.807) is 0 Å². The molecule has 0 bridgehead atoms. The van der Waals surface area contributed by atoms with Crippen molar-refractivity contribution < 1.29 is 30.5 Å². The topological polar surface area (TPSA) is 255 Å². The second kappa shape index (κ2) is 35.1. The Bertz CT molecular complexity index is 6670. The van der Waals surface area contributed by atoms with Gasteiger partial charge in [-0.15, -0.1) is 0 Å². The molecule has 0 spiro atoms. The Labute approximate surface area is 792 Å². The first-order valence-corrected chi connectivity index (χ1v) is 47.6. The van der Waals surface area contributed by atoms with Gasteiger partial charge in [0.2, 0.25) is 11.4 Å². The summed E-state index contributed by atoms with van der Waals surface area (Å²) in [6.45, 7) is 57.1. The van der Waals surface area contributed by atoms with Gasteiger partial charge in [0.25, 0.3) is 0 Å². The molecule has 0 amide bonds. The highest BCUT2D eigenvalue weighted by Gasteiger charge is 2.61. The summed E-state index contributed by atoms with van der Waals surface area (Å²) in [6, 6.07) is 51.7. The van der Waals surface area contributed by atoms with E-state index >= 15 is 0 Å². The number of benzene rings is 5. The van der Waals surface area contributed by atoms with Crippen molar-refractivity contribution in [2.24, 2.45) is 51.2 Å². The Kier molecular flexibility index (Phi) is 24.4. The monoisotopic (exact) mass is 1790 g/mol. The van der Waals surface area contributed by atoms with Crippen LogP contribution in [0.3, 0.4) is 0 Å². The zero-order valence-electron chi connectivity index (χ0n) is 83.0. The Morgan fingerprint density at radius 1 is 0.388 bits per heavy atom. The Morgan fingerprint density at radius 2 is 0.709 bits per heavy atom. The summed E-state index contributed by atoms with van der Waals surface area (Å²) in [5.74, 6) is 7.02. The summed E-state index contributed by atoms with van der Waals surface area (Å²) in [4.78, 5) is 94.0. The molecule has 0 unspecified atom stereocenters. The predicted molar refractivity (Wildman–Crippen MR) is 527 cm³/mol. The fourth-order valence-electron chi connectivity index (χ4n) is 26.8. The van der Waals surface area contributed by atoms with E-state index in [-0.39, 0.29) is 73.3 Å². The lowest BCUT2D eigenvalue weighted by molar-refractivity contribution is -0.137. The number of hydrogen-bond donors (Lipinski definition) is 2. The molecule has 21 rings (SSSR count). The molecule has 0 aliphatic heterocycles. The third kappa shape index (κ3) is 15.7. The van der Waals surface area contributed by atoms with Gasteiger partial charge in [-0.3, -0.25) is 9.59 Å². The minimum Gasteiger partial charge on any atom is -0.523 e. The van der Waals surface area contributed by atoms with E-state index in [0.29, 0.717) is 48.2 Å². The molecule has 10 aliphatic rings. The van der Waals surface area contributed by atoms with Crippen molar-refractivity contribution in [3.8, 4) is 56.3 Å². The number of allylic oxidation sites excluding steroid dienone is 5. The molecule has 6 aromatic heterocycles. The van der Waals surface area contributed by atoms with E-state index in [1.165, 1.54) is 52.2 Å². The quantitative estimate of drug-likeness (QED) is 0.0922. The van der Waals surface area contributed by atoms with Crippen molar-refractivity contribution in [2.75, 3.05) is 0 Å². The molecule has 0 saturated heterocycles. The molecule has 19 nitrogen and oxygen atoms in total. The molecule has 5 aromatic carbocycles. The van der Waals surface area contributed by atoms with E-state index < -0.39 is 21.7 Å². The van der Waals surface area contributed by atoms with Gasteiger partial charge in [0.1, 0.15) is 46.4 Å². The van der Waals surface area contributed by atoms with Crippen LogP contribution >= 0.6 is 0 Å². The van der Waals surface area contributed by atoms with Gasteiger partial charge in [0, 0.05) is 129 Å². The van der Waals surface area contributed by atoms with Gasteiger partial charge in [-0.2, -0.15) is 0 Å². The van der Waals surface area contributed by atoms with Crippen molar-refractivity contribution in [1.29, 1.82) is 0 Å². The number of aryl methyl sites for hydroxylation is 5. The molecule has 10 aliphatic carbocycles. The standard InChI is InChI=1S/2C23H25N3O.C23H23N3O.C23H26N2O2.C22H26N2O.CH4/c1-14-25-19(15-8-6-5-7-9-15)17-10-11-18-22(2,3)21-16(13-24-27-21)12-23(18,4)20(17)26-14;2*1-14-25-19(15-9-7-6-8-10-15)16-11-12-18-22(2,3)21(27)17(24-5)13-23(18,4)20(16)26-14;1-14-24-19(15-8-6-5-7-9-15)17-10-11-18-22(2,3)21(27)16(13-26)12-23(18,4)20(17)25-14;1-14-23-19(15-8-6-5-7-9-15)16-10-11-17-21(2,3)18(25)12-13-22(17,4)20(16)24-14;/h5-9,13,18H,10-12H2,1-4H3;6-10,18,27H,11-13H2,1-4H3;6-10,13,18H,11-12H2,1-4H3;5-9,13,18,26H,10-12H2,1-4H3;5-9,17H,10-13H2,1-4H3;1H4/b;;;16-13-;;/t4*18-,23-;17-,22-;/m00000./s1/i;;;;;1T. The van der Waals surface area contributed by atoms with Crippen LogP contribution in [0.4, 0.5) is 0 Å². The number of Topliss-reactive ketones (excluding diaryl/α,β-unsaturated/α-hetero) is 3. The third-order valence-corrected chi connectivity index (χ3v) is 33.0. The number of carbonyl (C=O) groups is 3. The number of aliphatic hydroxyl groups excluding tert-OH is 2. The molecule has 690 valence electrons. The number of rotatable bonds is 5.